The van der Waals surface area contributed by atoms with E-state index in [0.29, 0.717) is 24.8 Å². The van der Waals surface area contributed by atoms with Crippen molar-refractivity contribution >= 4 is 11.6 Å². The van der Waals surface area contributed by atoms with Crippen LogP contribution in [0.3, 0.4) is 0 Å². The predicted octanol–water partition coefficient (Wildman–Crippen LogP) is 2.88. The fourth-order valence-corrected chi connectivity index (χ4v) is 3.36. The fourth-order valence-electron chi connectivity index (χ4n) is 3.36. The molecule has 2 aromatic carbocycles. The molecule has 0 unspecified atom stereocenters. The van der Waals surface area contributed by atoms with Crippen LogP contribution in [0, 0.1) is 0 Å². The number of ether oxygens (including phenoxy) is 1. The van der Waals surface area contributed by atoms with Gasteiger partial charge < -0.3 is 15.4 Å². The smallest absolute Gasteiger partial charge is 0.295 e. The molecular formula is C21H21N5O2. The number of nitrogens with zero attached hydrogens (tertiary/aromatic N) is 3. The van der Waals surface area contributed by atoms with Crippen LogP contribution < -0.4 is 15.4 Å². The van der Waals surface area contributed by atoms with Crippen molar-refractivity contribution in [3.05, 3.63) is 65.7 Å². The molecule has 0 radical (unpaired) electrons. The first-order valence-corrected chi connectivity index (χ1v) is 9.58. The van der Waals surface area contributed by atoms with E-state index in [9.17, 15) is 4.79 Å². The van der Waals surface area contributed by atoms with E-state index in [0.717, 1.165) is 42.2 Å². The quantitative estimate of drug-likeness (QED) is 0.733. The first-order chi connectivity index (χ1) is 13.8. The van der Waals surface area contributed by atoms with E-state index in [1.165, 1.54) is 0 Å². The van der Waals surface area contributed by atoms with Crippen LogP contribution in [0.2, 0.25) is 0 Å². The number of anilines is 1. The molecule has 5 rings (SSSR count). The van der Waals surface area contributed by atoms with Crippen LogP contribution in [0.25, 0.3) is 5.69 Å². The van der Waals surface area contributed by atoms with E-state index in [1.807, 2.05) is 48.5 Å². The van der Waals surface area contributed by atoms with Crippen LogP contribution in [0.4, 0.5) is 5.69 Å². The van der Waals surface area contributed by atoms with Gasteiger partial charge in [-0.3, -0.25) is 4.79 Å². The summed E-state index contributed by atoms with van der Waals surface area (Å²) in [6, 6.07) is 15.5. The molecule has 0 saturated heterocycles. The van der Waals surface area contributed by atoms with Gasteiger partial charge in [0.2, 0.25) is 5.82 Å². The maximum atomic E-state index is 12.8. The molecular weight excluding hydrogens is 354 g/mol. The first kappa shape index (κ1) is 16.9. The Kier molecular flexibility index (Phi) is 4.29. The molecule has 2 aliphatic rings. The van der Waals surface area contributed by atoms with E-state index in [-0.39, 0.29) is 11.7 Å². The van der Waals surface area contributed by atoms with Crippen LogP contribution in [0.5, 0.6) is 5.75 Å². The average molecular weight is 375 g/mol. The summed E-state index contributed by atoms with van der Waals surface area (Å²) in [4.78, 5) is 17.3. The SMILES string of the molecule is O=C(Nc1ccc2c(c1)CNCCO2)c1nc(C2CC2)n(-c2ccccc2)n1. The molecule has 1 saturated carbocycles. The van der Waals surface area contributed by atoms with Gasteiger partial charge in [0.05, 0.1) is 5.69 Å². The van der Waals surface area contributed by atoms with E-state index in [1.54, 1.807) is 4.68 Å². The second kappa shape index (κ2) is 7.09. The lowest BCUT2D eigenvalue weighted by Crippen LogP contribution is -2.16. The van der Waals surface area contributed by atoms with Gasteiger partial charge in [0.15, 0.2) is 0 Å². The highest BCUT2D eigenvalue weighted by Gasteiger charge is 2.31. The number of amides is 1. The topological polar surface area (TPSA) is 81.1 Å². The Hall–Kier alpha value is -3.19. The van der Waals surface area contributed by atoms with Crippen molar-refractivity contribution in [2.75, 3.05) is 18.5 Å². The Labute approximate surface area is 162 Å². The molecule has 142 valence electrons. The third-order valence-corrected chi connectivity index (χ3v) is 4.95. The zero-order valence-electron chi connectivity index (χ0n) is 15.4. The van der Waals surface area contributed by atoms with Crippen LogP contribution in [-0.4, -0.2) is 33.8 Å². The van der Waals surface area contributed by atoms with E-state index in [2.05, 4.69) is 20.7 Å². The lowest BCUT2D eigenvalue weighted by molar-refractivity contribution is 0.101. The summed E-state index contributed by atoms with van der Waals surface area (Å²) in [6.45, 7) is 2.16. The van der Waals surface area contributed by atoms with Crippen molar-refractivity contribution in [2.45, 2.75) is 25.3 Å². The standard InChI is InChI=1S/C21H21N5O2/c27-21(23-16-8-9-18-15(12-16)13-22-10-11-28-18)19-24-20(14-6-7-14)26(25-19)17-4-2-1-3-5-17/h1-5,8-9,12,14,22H,6-7,10-11,13H2,(H,23,27). The fraction of sp³-hybridized carbons (Fsp3) is 0.286. The van der Waals surface area contributed by atoms with Crippen molar-refractivity contribution in [3.8, 4) is 11.4 Å². The van der Waals surface area contributed by atoms with Crippen LogP contribution >= 0.6 is 0 Å². The lowest BCUT2D eigenvalue weighted by atomic mass is 10.1. The Morgan fingerprint density at radius 1 is 1.18 bits per heavy atom. The van der Waals surface area contributed by atoms with Gasteiger partial charge >= 0.3 is 0 Å². The number of hydrogen-bond acceptors (Lipinski definition) is 5. The third kappa shape index (κ3) is 3.36. The summed E-state index contributed by atoms with van der Waals surface area (Å²) in [5, 5.41) is 10.7. The van der Waals surface area contributed by atoms with E-state index >= 15 is 0 Å². The van der Waals surface area contributed by atoms with E-state index in [4.69, 9.17) is 4.74 Å². The molecule has 3 aromatic rings. The molecule has 7 nitrogen and oxygen atoms in total. The average Bonchev–Trinajstić information content (AvgIpc) is 3.51. The molecule has 0 bridgehead atoms. The number of hydrogen-bond donors (Lipinski definition) is 2. The zero-order chi connectivity index (χ0) is 18.9. The summed E-state index contributed by atoms with van der Waals surface area (Å²) >= 11 is 0. The normalized spacial score (nSPS) is 16.0. The molecule has 1 aromatic heterocycles. The number of rotatable bonds is 4. The highest BCUT2D eigenvalue weighted by Crippen LogP contribution is 2.39. The summed E-state index contributed by atoms with van der Waals surface area (Å²) in [7, 11) is 0. The molecule has 1 aliphatic heterocycles. The third-order valence-electron chi connectivity index (χ3n) is 4.95. The van der Waals surface area contributed by atoms with Crippen molar-refractivity contribution in [2.24, 2.45) is 0 Å². The Morgan fingerprint density at radius 3 is 2.86 bits per heavy atom. The van der Waals surface area contributed by atoms with Crippen molar-refractivity contribution in [1.29, 1.82) is 0 Å². The summed E-state index contributed by atoms with van der Waals surface area (Å²) in [5.74, 6) is 1.97. The van der Waals surface area contributed by atoms with Gasteiger partial charge in [-0.1, -0.05) is 18.2 Å². The van der Waals surface area contributed by atoms with Gasteiger partial charge in [-0.2, -0.15) is 0 Å². The molecule has 0 atom stereocenters. The number of fused-ring (bicyclic) bond motifs is 1. The lowest BCUT2D eigenvalue weighted by Gasteiger charge is -2.09. The summed E-state index contributed by atoms with van der Waals surface area (Å²) in [5.41, 5.74) is 2.65. The largest absolute Gasteiger partial charge is 0.492 e. The van der Waals surface area contributed by atoms with Crippen molar-refractivity contribution in [1.82, 2.24) is 20.1 Å². The predicted molar refractivity (Wildman–Crippen MR) is 105 cm³/mol. The number of benzene rings is 2. The molecule has 1 amide bonds. The summed E-state index contributed by atoms with van der Waals surface area (Å²) in [6.07, 6.45) is 2.18. The molecule has 7 heteroatoms. The number of carbonyl (C=O) groups is 1. The highest BCUT2D eigenvalue weighted by atomic mass is 16.5. The molecule has 1 fully saturated rings. The van der Waals surface area contributed by atoms with Gasteiger partial charge in [0.1, 0.15) is 18.2 Å². The Balaban J connectivity index is 1.41. The van der Waals surface area contributed by atoms with E-state index < -0.39 is 0 Å². The maximum absolute atomic E-state index is 12.8. The van der Waals surface area contributed by atoms with Crippen LogP contribution in [-0.2, 0) is 6.54 Å². The van der Waals surface area contributed by atoms with Gasteiger partial charge in [-0.15, -0.1) is 5.10 Å². The van der Waals surface area contributed by atoms with Gasteiger partial charge in [-0.25, -0.2) is 9.67 Å². The first-order valence-electron chi connectivity index (χ1n) is 9.58. The minimum Gasteiger partial charge on any atom is -0.492 e. The molecule has 2 heterocycles. The second-order valence-electron chi connectivity index (χ2n) is 7.12. The number of para-hydroxylation sites is 1. The summed E-state index contributed by atoms with van der Waals surface area (Å²) < 4.78 is 7.48. The second-order valence-corrected chi connectivity index (χ2v) is 7.12. The van der Waals surface area contributed by atoms with Crippen LogP contribution in [0.15, 0.2) is 48.5 Å². The van der Waals surface area contributed by atoms with Gasteiger partial charge in [0.25, 0.3) is 5.91 Å². The number of carbonyl (C=O) groups excluding carboxylic acids is 1. The Bertz CT molecular complexity index is 1010. The number of aromatic nitrogens is 3. The van der Waals surface area contributed by atoms with Gasteiger partial charge in [-0.05, 0) is 43.2 Å². The highest BCUT2D eigenvalue weighted by molar-refractivity contribution is 6.01. The van der Waals surface area contributed by atoms with Crippen molar-refractivity contribution < 1.29 is 9.53 Å². The maximum Gasteiger partial charge on any atom is 0.295 e. The van der Waals surface area contributed by atoms with Crippen molar-refractivity contribution in [3.63, 3.8) is 0 Å². The monoisotopic (exact) mass is 375 g/mol. The molecule has 2 N–H and O–H groups in total. The minimum atomic E-state index is -0.306. The zero-order valence-corrected chi connectivity index (χ0v) is 15.4. The Morgan fingerprint density at radius 2 is 2.04 bits per heavy atom. The van der Waals surface area contributed by atoms with Crippen LogP contribution in [0.1, 0.15) is 40.8 Å². The van der Waals surface area contributed by atoms with Gasteiger partial charge in [0, 0.05) is 30.3 Å². The molecule has 0 spiro atoms. The molecule has 1 aliphatic carbocycles. The molecule has 28 heavy (non-hydrogen) atoms. The number of nitrogens with one attached hydrogen (secondary N) is 2. The minimum absolute atomic E-state index is 0.190.